The smallest absolute Gasteiger partial charge is 0.263 e. The lowest BCUT2D eigenvalue weighted by Gasteiger charge is -2.34. The molecule has 9 nitrogen and oxygen atoms in total. The highest BCUT2D eigenvalue weighted by molar-refractivity contribution is 7.90. The summed E-state index contributed by atoms with van der Waals surface area (Å²) in [5, 5.41) is 2.88. The van der Waals surface area contributed by atoms with Crippen molar-refractivity contribution in [3.8, 4) is 0 Å². The Morgan fingerprint density at radius 1 is 1.21 bits per heavy atom. The minimum Gasteiger partial charge on any atom is -0.340 e. The Morgan fingerprint density at radius 3 is 2.71 bits per heavy atom. The first kappa shape index (κ1) is 23.9. The SMILES string of the molecule is Cc1cccnc1NC(=O)C1CCCN(C(=O)[C@@H](N=C2NS(=O)(=O)c3ccccc32)C(C)C)C1. The van der Waals surface area contributed by atoms with E-state index in [0.29, 0.717) is 30.8 Å². The molecular formula is C24H29N5O4S. The average Bonchev–Trinajstić information content (AvgIpc) is 3.08. The maximum absolute atomic E-state index is 13.5. The molecular weight excluding hydrogens is 454 g/mol. The van der Waals surface area contributed by atoms with E-state index in [1.54, 1.807) is 29.3 Å². The van der Waals surface area contributed by atoms with Crippen LogP contribution in [0.4, 0.5) is 5.82 Å². The van der Waals surface area contributed by atoms with Crippen LogP contribution in [-0.4, -0.2) is 55.1 Å². The highest BCUT2D eigenvalue weighted by atomic mass is 32.2. The van der Waals surface area contributed by atoms with Crippen molar-refractivity contribution in [2.45, 2.75) is 44.6 Å². The second-order valence-electron chi connectivity index (χ2n) is 9.05. The predicted molar refractivity (Wildman–Crippen MR) is 129 cm³/mol. The third-order valence-electron chi connectivity index (χ3n) is 6.17. The number of aromatic nitrogens is 1. The number of amidine groups is 1. The van der Waals surface area contributed by atoms with Crippen LogP contribution in [0.3, 0.4) is 0 Å². The number of aryl methyl sites for hydroxylation is 1. The Balaban J connectivity index is 1.52. The molecule has 2 atom stereocenters. The molecule has 0 aliphatic carbocycles. The largest absolute Gasteiger partial charge is 0.340 e. The number of anilines is 1. The first-order valence-corrected chi connectivity index (χ1v) is 12.9. The van der Waals surface area contributed by atoms with Crippen molar-refractivity contribution in [2.75, 3.05) is 18.4 Å². The molecule has 1 unspecified atom stereocenters. The van der Waals surface area contributed by atoms with E-state index in [-0.39, 0.29) is 40.9 Å². The van der Waals surface area contributed by atoms with Crippen LogP contribution in [0.2, 0.25) is 0 Å². The van der Waals surface area contributed by atoms with Crippen LogP contribution in [0.15, 0.2) is 52.5 Å². The average molecular weight is 484 g/mol. The Bertz CT molecular complexity index is 1240. The van der Waals surface area contributed by atoms with Gasteiger partial charge in [-0.1, -0.05) is 32.0 Å². The molecule has 2 amide bonds. The van der Waals surface area contributed by atoms with Gasteiger partial charge < -0.3 is 10.2 Å². The van der Waals surface area contributed by atoms with Crippen LogP contribution < -0.4 is 10.0 Å². The van der Waals surface area contributed by atoms with Crippen LogP contribution in [0.5, 0.6) is 0 Å². The lowest BCUT2D eigenvalue weighted by Crippen LogP contribution is -2.48. The number of hydrogen-bond donors (Lipinski definition) is 2. The van der Waals surface area contributed by atoms with Gasteiger partial charge in [-0.2, -0.15) is 0 Å². The molecule has 2 aromatic rings. The summed E-state index contributed by atoms with van der Waals surface area (Å²) in [6.45, 7) is 6.44. The van der Waals surface area contributed by atoms with Gasteiger partial charge in [-0.3, -0.25) is 19.3 Å². The monoisotopic (exact) mass is 483 g/mol. The Hall–Kier alpha value is -3.27. The van der Waals surface area contributed by atoms with E-state index in [1.165, 1.54) is 6.07 Å². The van der Waals surface area contributed by atoms with E-state index in [4.69, 9.17) is 0 Å². The molecule has 10 heteroatoms. The van der Waals surface area contributed by atoms with Crippen LogP contribution in [-0.2, 0) is 19.6 Å². The summed E-state index contributed by atoms with van der Waals surface area (Å²) in [5.74, 6) is -0.191. The second kappa shape index (κ2) is 9.54. The minimum absolute atomic E-state index is 0.156. The van der Waals surface area contributed by atoms with Gasteiger partial charge in [-0.15, -0.1) is 0 Å². The number of pyridine rings is 1. The topological polar surface area (TPSA) is 121 Å². The van der Waals surface area contributed by atoms with Gasteiger partial charge in [0.05, 0.1) is 10.8 Å². The summed E-state index contributed by atoms with van der Waals surface area (Å²) in [6.07, 6.45) is 3.00. The molecule has 0 saturated carbocycles. The summed E-state index contributed by atoms with van der Waals surface area (Å²) >= 11 is 0. The van der Waals surface area contributed by atoms with Crippen molar-refractivity contribution in [1.29, 1.82) is 0 Å². The Morgan fingerprint density at radius 2 is 1.97 bits per heavy atom. The number of fused-ring (bicyclic) bond motifs is 1. The molecule has 2 aliphatic rings. The summed E-state index contributed by atoms with van der Waals surface area (Å²) < 4.78 is 27.4. The van der Waals surface area contributed by atoms with Gasteiger partial charge in [0.2, 0.25) is 11.8 Å². The van der Waals surface area contributed by atoms with Crippen molar-refractivity contribution in [3.05, 3.63) is 53.7 Å². The quantitative estimate of drug-likeness (QED) is 0.676. The fourth-order valence-corrected chi connectivity index (χ4v) is 5.51. The summed E-state index contributed by atoms with van der Waals surface area (Å²) in [7, 11) is -3.69. The van der Waals surface area contributed by atoms with Crippen LogP contribution in [0.1, 0.15) is 37.8 Å². The number of nitrogens with zero attached hydrogens (tertiary/aromatic N) is 3. The molecule has 1 aromatic carbocycles. The van der Waals surface area contributed by atoms with Crippen molar-refractivity contribution in [3.63, 3.8) is 0 Å². The van der Waals surface area contributed by atoms with E-state index >= 15 is 0 Å². The van der Waals surface area contributed by atoms with E-state index in [1.807, 2.05) is 32.9 Å². The number of aliphatic imine (C=N–C) groups is 1. The molecule has 1 aromatic heterocycles. The Labute approximate surface area is 199 Å². The molecule has 2 aliphatic heterocycles. The zero-order valence-electron chi connectivity index (χ0n) is 19.5. The fourth-order valence-electron chi connectivity index (χ4n) is 4.27. The summed E-state index contributed by atoms with van der Waals surface area (Å²) in [5.41, 5.74) is 1.33. The fraction of sp³-hybridized carbons (Fsp3) is 0.417. The third-order valence-corrected chi connectivity index (χ3v) is 7.57. The lowest BCUT2D eigenvalue weighted by atomic mass is 9.95. The molecule has 0 bridgehead atoms. The lowest BCUT2D eigenvalue weighted by molar-refractivity contribution is -0.136. The number of sulfonamides is 1. The van der Waals surface area contributed by atoms with E-state index in [0.717, 1.165) is 5.56 Å². The number of hydrogen-bond acceptors (Lipinski definition) is 6. The maximum atomic E-state index is 13.5. The van der Waals surface area contributed by atoms with Crippen molar-refractivity contribution in [2.24, 2.45) is 16.8 Å². The standard InChI is InChI=1S/C24H29N5O4S/c1-15(2)20(26-22-18-10-4-5-11-19(18)34(32,33)28-22)24(31)29-13-7-9-17(14-29)23(30)27-21-16(3)8-6-12-25-21/h4-6,8,10-12,15,17,20H,7,9,13-14H2,1-3H3,(H,26,28)(H,25,27,30)/t17?,20-/m0/s1. The van der Waals surface area contributed by atoms with Crippen LogP contribution in [0, 0.1) is 18.8 Å². The summed E-state index contributed by atoms with van der Waals surface area (Å²) in [4.78, 5) is 37.0. The van der Waals surface area contributed by atoms with Crippen LogP contribution >= 0.6 is 0 Å². The third kappa shape index (κ3) is 4.82. The van der Waals surface area contributed by atoms with E-state index in [9.17, 15) is 18.0 Å². The normalized spacial score (nSPS) is 21.1. The number of nitrogens with one attached hydrogen (secondary N) is 2. The first-order chi connectivity index (χ1) is 16.2. The van der Waals surface area contributed by atoms with Gasteiger partial charge in [-0.05, 0) is 49.4 Å². The number of amides is 2. The number of likely N-dealkylation sites (tertiary alicyclic amines) is 1. The number of carbonyl (C=O) groups is 2. The zero-order valence-corrected chi connectivity index (χ0v) is 20.3. The highest BCUT2D eigenvalue weighted by Crippen LogP contribution is 2.25. The highest BCUT2D eigenvalue weighted by Gasteiger charge is 2.36. The number of piperidine rings is 1. The van der Waals surface area contributed by atoms with Crippen molar-refractivity contribution < 1.29 is 18.0 Å². The summed E-state index contributed by atoms with van der Waals surface area (Å²) in [6, 6.07) is 9.49. The number of benzene rings is 1. The maximum Gasteiger partial charge on any atom is 0.263 e. The minimum atomic E-state index is -3.69. The molecule has 3 heterocycles. The second-order valence-corrected chi connectivity index (χ2v) is 10.7. The molecule has 34 heavy (non-hydrogen) atoms. The molecule has 180 valence electrons. The van der Waals surface area contributed by atoms with Gasteiger partial charge in [0.25, 0.3) is 10.0 Å². The van der Waals surface area contributed by atoms with Gasteiger partial charge in [-0.25, -0.2) is 13.4 Å². The number of rotatable bonds is 5. The first-order valence-electron chi connectivity index (χ1n) is 11.4. The molecule has 1 saturated heterocycles. The van der Waals surface area contributed by atoms with Gasteiger partial charge in [0.15, 0.2) is 0 Å². The van der Waals surface area contributed by atoms with E-state index < -0.39 is 16.1 Å². The molecule has 2 N–H and O–H groups in total. The number of carbonyl (C=O) groups excluding carboxylic acids is 2. The molecule has 0 radical (unpaired) electrons. The van der Waals surface area contributed by atoms with Gasteiger partial charge >= 0.3 is 0 Å². The predicted octanol–water partition coefficient (Wildman–Crippen LogP) is 2.33. The Kier molecular flexibility index (Phi) is 6.70. The molecule has 0 spiro atoms. The molecule has 1 fully saturated rings. The van der Waals surface area contributed by atoms with Gasteiger partial charge in [0, 0.05) is 24.8 Å². The van der Waals surface area contributed by atoms with Crippen LogP contribution in [0.25, 0.3) is 0 Å². The van der Waals surface area contributed by atoms with Gasteiger partial charge in [0.1, 0.15) is 17.7 Å². The van der Waals surface area contributed by atoms with Crippen molar-refractivity contribution >= 4 is 33.5 Å². The van der Waals surface area contributed by atoms with Crippen molar-refractivity contribution in [1.82, 2.24) is 14.6 Å². The molecule has 4 rings (SSSR count). The zero-order chi connectivity index (χ0) is 24.5. The van der Waals surface area contributed by atoms with E-state index in [2.05, 4.69) is 20.0 Å².